The van der Waals surface area contributed by atoms with E-state index in [-0.39, 0.29) is 11.6 Å². The van der Waals surface area contributed by atoms with E-state index in [0.717, 1.165) is 23.1 Å². The van der Waals surface area contributed by atoms with Gasteiger partial charge in [0.15, 0.2) is 0 Å². The molecule has 4 heteroatoms. The fraction of sp³-hybridized carbons (Fsp3) is 0.375. The Labute approximate surface area is 119 Å². The topological polar surface area (TPSA) is 55.1 Å². The van der Waals surface area contributed by atoms with Crippen LogP contribution in [0.4, 0.5) is 0 Å². The molecule has 1 N–H and O–H groups in total. The van der Waals surface area contributed by atoms with E-state index in [9.17, 15) is 9.90 Å². The lowest BCUT2D eigenvalue weighted by atomic mass is 10.0. The molecule has 1 unspecified atom stereocenters. The van der Waals surface area contributed by atoms with Crippen LogP contribution in [-0.2, 0) is 0 Å². The third-order valence-corrected chi connectivity index (χ3v) is 3.65. The third-order valence-electron chi connectivity index (χ3n) is 3.65. The van der Waals surface area contributed by atoms with E-state index in [4.69, 9.17) is 0 Å². The number of benzene rings is 1. The van der Waals surface area contributed by atoms with Crippen molar-refractivity contribution in [1.29, 1.82) is 0 Å². The van der Waals surface area contributed by atoms with Crippen LogP contribution in [0.3, 0.4) is 0 Å². The van der Waals surface area contributed by atoms with Gasteiger partial charge in [0.05, 0.1) is 0 Å². The molecule has 0 aliphatic rings. The summed E-state index contributed by atoms with van der Waals surface area (Å²) < 4.78 is 1.75. The van der Waals surface area contributed by atoms with Gasteiger partial charge >= 0.3 is 5.97 Å². The van der Waals surface area contributed by atoms with Gasteiger partial charge in [-0.2, -0.15) is 5.10 Å². The van der Waals surface area contributed by atoms with Crippen LogP contribution >= 0.6 is 0 Å². The summed E-state index contributed by atoms with van der Waals surface area (Å²) in [4.78, 5) is 11.5. The van der Waals surface area contributed by atoms with E-state index < -0.39 is 5.97 Å². The number of nitrogens with zero attached hydrogens (tertiary/aromatic N) is 2. The molecule has 0 amide bonds. The number of carboxylic acids is 1. The molecule has 1 aromatic heterocycles. The van der Waals surface area contributed by atoms with Gasteiger partial charge in [0.2, 0.25) is 0 Å². The first-order valence-corrected chi connectivity index (χ1v) is 6.84. The van der Waals surface area contributed by atoms with Crippen molar-refractivity contribution in [3.05, 3.63) is 41.1 Å². The van der Waals surface area contributed by atoms with Crippen LogP contribution in [-0.4, -0.2) is 20.9 Å². The number of aryl methyl sites for hydroxylation is 2. The summed E-state index contributed by atoms with van der Waals surface area (Å²) in [5, 5.41) is 13.9. The summed E-state index contributed by atoms with van der Waals surface area (Å²) in [6.07, 6.45) is 2.54. The zero-order chi connectivity index (χ0) is 14.9. The number of hydrogen-bond donors (Lipinski definition) is 1. The Kier molecular flexibility index (Phi) is 3.93. The van der Waals surface area contributed by atoms with E-state index in [2.05, 4.69) is 12.0 Å². The third kappa shape index (κ3) is 2.59. The average Bonchev–Trinajstić information content (AvgIpc) is 2.85. The average molecular weight is 272 g/mol. The molecule has 0 saturated carbocycles. The predicted molar refractivity (Wildman–Crippen MR) is 79.1 cm³/mol. The summed E-state index contributed by atoms with van der Waals surface area (Å²) >= 11 is 0. The van der Waals surface area contributed by atoms with Gasteiger partial charge in [-0.1, -0.05) is 24.6 Å². The lowest BCUT2D eigenvalue weighted by Gasteiger charge is -2.08. The van der Waals surface area contributed by atoms with Crippen molar-refractivity contribution in [3.8, 4) is 11.3 Å². The zero-order valence-electron chi connectivity index (χ0n) is 12.3. The summed E-state index contributed by atoms with van der Waals surface area (Å²) in [6, 6.07) is 6.20. The maximum absolute atomic E-state index is 11.5. The molecule has 1 atom stereocenters. The number of rotatable bonds is 4. The van der Waals surface area contributed by atoms with Crippen LogP contribution < -0.4 is 0 Å². The van der Waals surface area contributed by atoms with Crippen molar-refractivity contribution >= 4 is 5.97 Å². The molecule has 0 aliphatic carbocycles. The minimum atomic E-state index is -0.935. The number of aromatic nitrogens is 2. The van der Waals surface area contributed by atoms with Gasteiger partial charge < -0.3 is 5.11 Å². The molecule has 20 heavy (non-hydrogen) atoms. The minimum absolute atomic E-state index is 0.187. The van der Waals surface area contributed by atoms with Crippen LogP contribution in [0.2, 0.25) is 0 Å². The molecule has 1 aromatic carbocycles. The monoisotopic (exact) mass is 272 g/mol. The van der Waals surface area contributed by atoms with E-state index >= 15 is 0 Å². The van der Waals surface area contributed by atoms with Crippen molar-refractivity contribution in [2.24, 2.45) is 0 Å². The maximum Gasteiger partial charge on any atom is 0.339 e. The lowest BCUT2D eigenvalue weighted by molar-refractivity contribution is 0.0697. The van der Waals surface area contributed by atoms with Gasteiger partial charge in [-0.05, 0) is 38.8 Å². The van der Waals surface area contributed by atoms with Crippen LogP contribution in [0.25, 0.3) is 11.3 Å². The SMILES string of the molecule is CCC(C)n1cc(C(=O)O)c(-c2cc(C)ccc2C)n1. The quantitative estimate of drug-likeness (QED) is 0.920. The Bertz CT molecular complexity index is 644. The predicted octanol–water partition coefficient (Wildman–Crippen LogP) is 3.84. The van der Waals surface area contributed by atoms with Crippen LogP contribution in [0, 0.1) is 13.8 Å². The van der Waals surface area contributed by atoms with Crippen molar-refractivity contribution in [1.82, 2.24) is 9.78 Å². The Morgan fingerprint density at radius 3 is 2.70 bits per heavy atom. The summed E-state index contributed by atoms with van der Waals surface area (Å²) in [7, 11) is 0. The van der Waals surface area contributed by atoms with Gasteiger partial charge in [-0.25, -0.2) is 4.79 Å². The fourth-order valence-electron chi connectivity index (χ4n) is 2.15. The van der Waals surface area contributed by atoms with E-state index in [0.29, 0.717) is 5.69 Å². The van der Waals surface area contributed by atoms with Crippen LogP contribution in [0.1, 0.15) is 47.8 Å². The number of aromatic carboxylic acids is 1. The Hall–Kier alpha value is -2.10. The number of hydrogen-bond acceptors (Lipinski definition) is 2. The molecule has 2 rings (SSSR count). The summed E-state index contributed by atoms with van der Waals surface area (Å²) in [5.41, 5.74) is 3.84. The second kappa shape index (κ2) is 5.49. The van der Waals surface area contributed by atoms with Gasteiger partial charge in [0, 0.05) is 17.8 Å². The highest BCUT2D eigenvalue weighted by atomic mass is 16.4. The minimum Gasteiger partial charge on any atom is -0.478 e. The maximum atomic E-state index is 11.5. The normalized spacial score (nSPS) is 12.4. The van der Waals surface area contributed by atoms with Gasteiger partial charge in [0.25, 0.3) is 0 Å². The van der Waals surface area contributed by atoms with Crippen LogP contribution in [0.5, 0.6) is 0 Å². The highest BCUT2D eigenvalue weighted by Crippen LogP contribution is 2.28. The van der Waals surface area contributed by atoms with E-state index in [1.54, 1.807) is 10.9 Å². The molecule has 4 nitrogen and oxygen atoms in total. The molecule has 0 spiro atoms. The van der Waals surface area contributed by atoms with Gasteiger partial charge in [-0.3, -0.25) is 4.68 Å². The standard InChI is InChI=1S/C16H20N2O2/c1-5-12(4)18-9-14(16(19)20)15(17-18)13-8-10(2)6-7-11(13)3/h6-9,12H,5H2,1-4H3,(H,19,20). The molecule has 1 heterocycles. The van der Waals surface area contributed by atoms with E-state index in [1.165, 1.54) is 0 Å². The first kappa shape index (κ1) is 14.3. The van der Waals surface area contributed by atoms with Crippen molar-refractivity contribution < 1.29 is 9.90 Å². The smallest absolute Gasteiger partial charge is 0.339 e. The number of carboxylic acid groups (broad SMARTS) is 1. The molecule has 106 valence electrons. The van der Waals surface area contributed by atoms with E-state index in [1.807, 2.05) is 39.0 Å². The fourth-order valence-corrected chi connectivity index (χ4v) is 2.15. The Morgan fingerprint density at radius 2 is 2.10 bits per heavy atom. The van der Waals surface area contributed by atoms with Crippen molar-refractivity contribution in [2.75, 3.05) is 0 Å². The zero-order valence-corrected chi connectivity index (χ0v) is 12.3. The molecule has 0 aliphatic heterocycles. The highest BCUT2D eigenvalue weighted by Gasteiger charge is 2.20. The second-order valence-corrected chi connectivity index (χ2v) is 5.25. The first-order chi connectivity index (χ1) is 9.43. The van der Waals surface area contributed by atoms with Gasteiger partial charge in [-0.15, -0.1) is 0 Å². The number of carbonyl (C=O) groups is 1. The van der Waals surface area contributed by atoms with Crippen molar-refractivity contribution in [2.45, 2.75) is 40.2 Å². The second-order valence-electron chi connectivity index (χ2n) is 5.25. The molecule has 0 saturated heterocycles. The molecule has 2 aromatic rings. The molecular weight excluding hydrogens is 252 g/mol. The molecular formula is C16H20N2O2. The largest absolute Gasteiger partial charge is 0.478 e. The highest BCUT2D eigenvalue weighted by molar-refractivity contribution is 5.95. The van der Waals surface area contributed by atoms with Crippen LogP contribution in [0.15, 0.2) is 24.4 Å². The van der Waals surface area contributed by atoms with Gasteiger partial charge in [0.1, 0.15) is 11.3 Å². The Morgan fingerprint density at radius 1 is 1.40 bits per heavy atom. The lowest BCUT2D eigenvalue weighted by Crippen LogP contribution is -2.04. The Balaban J connectivity index is 2.63. The molecule has 0 bridgehead atoms. The first-order valence-electron chi connectivity index (χ1n) is 6.84. The molecule has 0 radical (unpaired) electrons. The summed E-state index contributed by atoms with van der Waals surface area (Å²) in [5.74, 6) is -0.935. The molecule has 0 fully saturated rings. The summed E-state index contributed by atoms with van der Waals surface area (Å²) in [6.45, 7) is 8.06. The van der Waals surface area contributed by atoms with Crippen molar-refractivity contribution in [3.63, 3.8) is 0 Å².